The summed E-state index contributed by atoms with van der Waals surface area (Å²) in [5.41, 5.74) is 14.5. The van der Waals surface area contributed by atoms with Gasteiger partial charge in [0.25, 0.3) is 0 Å². The first-order valence-electron chi connectivity index (χ1n) is 16.7. The molecular formula is C46H40. The Morgan fingerprint density at radius 3 is 2.26 bits per heavy atom. The van der Waals surface area contributed by atoms with Crippen molar-refractivity contribution in [1.29, 1.82) is 0 Å². The van der Waals surface area contributed by atoms with E-state index >= 15 is 0 Å². The molecule has 0 heteroatoms. The van der Waals surface area contributed by atoms with Crippen molar-refractivity contribution in [2.75, 3.05) is 0 Å². The minimum atomic E-state index is 0.346. The Balaban J connectivity index is 1.18. The second kappa shape index (κ2) is 13.4. The van der Waals surface area contributed by atoms with Crippen molar-refractivity contribution < 1.29 is 0 Å². The van der Waals surface area contributed by atoms with Crippen LogP contribution in [0.3, 0.4) is 0 Å². The average molecular weight is 593 g/mol. The summed E-state index contributed by atoms with van der Waals surface area (Å²) in [7, 11) is 0. The van der Waals surface area contributed by atoms with Crippen LogP contribution >= 0.6 is 0 Å². The molecule has 2 aliphatic carbocycles. The van der Waals surface area contributed by atoms with E-state index in [-0.39, 0.29) is 0 Å². The van der Waals surface area contributed by atoms with Gasteiger partial charge in [0.05, 0.1) is 0 Å². The van der Waals surface area contributed by atoms with E-state index in [2.05, 4.69) is 178 Å². The van der Waals surface area contributed by atoms with Crippen LogP contribution in [0.4, 0.5) is 0 Å². The molecule has 46 heavy (non-hydrogen) atoms. The van der Waals surface area contributed by atoms with Gasteiger partial charge in [-0.25, -0.2) is 0 Å². The first kappa shape index (κ1) is 29.5. The molecule has 0 fully saturated rings. The lowest BCUT2D eigenvalue weighted by molar-refractivity contribution is 0.804. The Bertz CT molecular complexity index is 2070. The first-order chi connectivity index (χ1) is 22.7. The summed E-state index contributed by atoms with van der Waals surface area (Å²) in [6.45, 7) is 4.44. The maximum atomic E-state index is 2.43. The lowest BCUT2D eigenvalue weighted by Gasteiger charge is -2.29. The second-order valence-electron chi connectivity index (χ2n) is 12.2. The molecule has 5 aromatic rings. The van der Waals surface area contributed by atoms with Gasteiger partial charge in [0, 0.05) is 5.92 Å². The van der Waals surface area contributed by atoms with Gasteiger partial charge < -0.3 is 0 Å². The Morgan fingerprint density at radius 1 is 0.652 bits per heavy atom. The fraction of sp³-hybridized carbons (Fsp3) is 0.130. The lowest BCUT2D eigenvalue weighted by Crippen LogP contribution is -2.13. The molecule has 0 bridgehead atoms. The van der Waals surface area contributed by atoms with Crippen molar-refractivity contribution in [2.24, 2.45) is 5.92 Å². The molecule has 0 aromatic heterocycles. The van der Waals surface area contributed by atoms with Gasteiger partial charge in [0.2, 0.25) is 0 Å². The molecule has 0 nitrogen and oxygen atoms in total. The molecule has 0 spiro atoms. The summed E-state index contributed by atoms with van der Waals surface area (Å²) in [4.78, 5) is 0. The van der Waals surface area contributed by atoms with Crippen LogP contribution in [0.5, 0.6) is 0 Å². The van der Waals surface area contributed by atoms with Gasteiger partial charge in [0.1, 0.15) is 0 Å². The van der Waals surface area contributed by atoms with E-state index in [1.54, 1.807) is 0 Å². The van der Waals surface area contributed by atoms with Crippen LogP contribution in [-0.4, -0.2) is 0 Å². The maximum absolute atomic E-state index is 2.43. The molecule has 0 heterocycles. The number of aryl methyl sites for hydroxylation is 1. The van der Waals surface area contributed by atoms with Crippen LogP contribution in [0.2, 0.25) is 0 Å². The summed E-state index contributed by atoms with van der Waals surface area (Å²) in [5, 5.41) is 2.55. The Labute approximate surface area is 274 Å². The summed E-state index contributed by atoms with van der Waals surface area (Å²) >= 11 is 0. The third kappa shape index (κ3) is 5.92. The quantitative estimate of drug-likeness (QED) is 0.157. The molecule has 0 N–H and O–H groups in total. The van der Waals surface area contributed by atoms with Crippen molar-refractivity contribution in [1.82, 2.24) is 0 Å². The zero-order valence-electron chi connectivity index (χ0n) is 26.8. The fourth-order valence-electron chi connectivity index (χ4n) is 6.97. The summed E-state index contributed by atoms with van der Waals surface area (Å²) < 4.78 is 0. The highest BCUT2D eigenvalue weighted by molar-refractivity contribution is 5.90. The number of benzene rings is 5. The van der Waals surface area contributed by atoms with E-state index in [0.29, 0.717) is 5.92 Å². The van der Waals surface area contributed by atoms with Crippen LogP contribution in [0.15, 0.2) is 163 Å². The van der Waals surface area contributed by atoms with Gasteiger partial charge >= 0.3 is 0 Å². The highest BCUT2D eigenvalue weighted by Gasteiger charge is 2.26. The first-order valence-corrected chi connectivity index (χ1v) is 16.7. The molecule has 7 rings (SSSR count). The molecule has 0 amide bonds. The van der Waals surface area contributed by atoms with Crippen LogP contribution in [0, 0.1) is 5.92 Å². The van der Waals surface area contributed by atoms with E-state index in [1.165, 1.54) is 72.0 Å². The van der Waals surface area contributed by atoms with Crippen molar-refractivity contribution in [3.05, 3.63) is 186 Å². The standard InChI is InChI=1S/C46H40/c1-3-5-6-7-15-36-16-10-11-18-42(36)44-20-13-21-45-43(19-12-22-46(44)45)40-29-30-41(33(4-2)31-40)37-26-23-35(24-27-37)39-28-25-34-14-8-9-17-38(34)32-39/h5-20,22-32,45H,3-4,21H2,1-2H3/b6-5+,15-7-. The van der Waals surface area contributed by atoms with Gasteiger partial charge in [0.15, 0.2) is 0 Å². The minimum absolute atomic E-state index is 0.346. The molecule has 1 unspecified atom stereocenters. The third-order valence-corrected chi connectivity index (χ3v) is 9.38. The summed E-state index contributed by atoms with van der Waals surface area (Å²) in [6.07, 6.45) is 23.4. The third-order valence-electron chi connectivity index (χ3n) is 9.38. The van der Waals surface area contributed by atoms with Crippen molar-refractivity contribution in [2.45, 2.75) is 33.1 Å². The smallest absolute Gasteiger partial charge is 0.0136 e. The van der Waals surface area contributed by atoms with Gasteiger partial charge in [-0.3, -0.25) is 0 Å². The molecular weight excluding hydrogens is 553 g/mol. The molecule has 2 aliphatic rings. The highest BCUT2D eigenvalue weighted by atomic mass is 14.3. The van der Waals surface area contributed by atoms with Crippen molar-refractivity contribution >= 4 is 28.0 Å². The van der Waals surface area contributed by atoms with Crippen LogP contribution in [0.25, 0.3) is 50.2 Å². The van der Waals surface area contributed by atoms with Gasteiger partial charge in [-0.2, -0.15) is 0 Å². The van der Waals surface area contributed by atoms with Gasteiger partial charge in [-0.15, -0.1) is 0 Å². The predicted molar refractivity (Wildman–Crippen MR) is 200 cm³/mol. The number of rotatable bonds is 8. The summed E-state index contributed by atoms with van der Waals surface area (Å²) in [5.74, 6) is 0.346. The highest BCUT2D eigenvalue weighted by Crippen LogP contribution is 2.44. The largest absolute Gasteiger partial charge is 0.0848 e. The number of allylic oxidation sites excluding steroid dienone is 11. The SMILES string of the molecule is CC/C=C/C=C\c1ccccc1C1=C2C=CC=C(c3ccc(-c4ccc(-c5ccc6ccccc6c5)cc4)c(CC)c3)C2CC=C1. The van der Waals surface area contributed by atoms with Gasteiger partial charge in [-0.05, 0) is 97.3 Å². The number of hydrogen-bond acceptors (Lipinski definition) is 0. The van der Waals surface area contributed by atoms with Crippen molar-refractivity contribution in [3.63, 3.8) is 0 Å². The topological polar surface area (TPSA) is 0 Å². The molecule has 5 aromatic carbocycles. The zero-order chi connectivity index (χ0) is 31.3. The molecule has 224 valence electrons. The van der Waals surface area contributed by atoms with Crippen LogP contribution in [-0.2, 0) is 6.42 Å². The Kier molecular flexibility index (Phi) is 8.61. The van der Waals surface area contributed by atoms with Crippen LogP contribution < -0.4 is 0 Å². The molecule has 0 aliphatic heterocycles. The Morgan fingerprint density at radius 2 is 1.41 bits per heavy atom. The number of fused-ring (bicyclic) bond motifs is 2. The monoisotopic (exact) mass is 592 g/mol. The van der Waals surface area contributed by atoms with Crippen molar-refractivity contribution in [3.8, 4) is 22.3 Å². The molecule has 1 atom stereocenters. The normalized spacial score (nSPS) is 16.0. The molecule has 0 radical (unpaired) electrons. The van der Waals surface area contributed by atoms with E-state index < -0.39 is 0 Å². The predicted octanol–water partition coefficient (Wildman–Crippen LogP) is 12.7. The second-order valence-corrected chi connectivity index (χ2v) is 12.2. The fourth-order valence-corrected chi connectivity index (χ4v) is 6.97. The van der Waals surface area contributed by atoms with Crippen LogP contribution in [0.1, 0.15) is 48.9 Å². The van der Waals surface area contributed by atoms with E-state index in [0.717, 1.165) is 19.3 Å². The average Bonchev–Trinajstić information content (AvgIpc) is 3.12. The van der Waals surface area contributed by atoms with E-state index in [1.807, 2.05) is 0 Å². The number of hydrogen-bond donors (Lipinski definition) is 0. The maximum Gasteiger partial charge on any atom is 0.0136 e. The lowest BCUT2D eigenvalue weighted by atomic mass is 9.74. The minimum Gasteiger partial charge on any atom is -0.0848 e. The van der Waals surface area contributed by atoms with E-state index in [9.17, 15) is 0 Å². The zero-order valence-corrected chi connectivity index (χ0v) is 26.8. The van der Waals surface area contributed by atoms with Gasteiger partial charge in [-0.1, -0.05) is 172 Å². The Hall–Kier alpha value is -5.20. The molecule has 0 saturated carbocycles. The summed E-state index contributed by atoms with van der Waals surface area (Å²) in [6, 6.07) is 40.3. The molecule has 0 saturated heterocycles. The van der Waals surface area contributed by atoms with E-state index in [4.69, 9.17) is 0 Å².